The molecular formula is C42H40N6O5. The number of carbonyl (C=O) groups is 2. The maximum Gasteiger partial charge on any atom is 0.229 e. The number of aromatic nitrogens is 4. The number of aromatic hydroxyl groups is 2. The number of aliphatic hydroxyl groups excluding tert-OH is 1. The molecule has 2 amide bonds. The third kappa shape index (κ3) is 7.29. The summed E-state index contributed by atoms with van der Waals surface area (Å²) in [6.45, 7) is 1.51. The number of aliphatic hydroxyl groups is 1. The Hall–Kier alpha value is -6.20. The molecule has 2 aliphatic heterocycles. The molecule has 4 heterocycles. The molecule has 8 rings (SSSR count). The van der Waals surface area contributed by atoms with Crippen LogP contribution in [-0.4, -0.2) is 59.0 Å². The predicted octanol–water partition coefficient (Wildman–Crippen LogP) is 5.11. The van der Waals surface area contributed by atoms with Crippen molar-refractivity contribution in [2.45, 2.75) is 50.9 Å². The molecule has 268 valence electrons. The Labute approximate surface area is 306 Å². The van der Waals surface area contributed by atoms with Crippen molar-refractivity contribution < 1.29 is 24.9 Å². The van der Waals surface area contributed by atoms with Crippen LogP contribution in [0.2, 0.25) is 0 Å². The van der Waals surface area contributed by atoms with Crippen molar-refractivity contribution in [1.82, 2.24) is 29.7 Å². The van der Waals surface area contributed by atoms with Crippen LogP contribution in [0.3, 0.4) is 0 Å². The molecule has 2 saturated heterocycles. The second kappa shape index (κ2) is 14.4. The second-order valence-corrected chi connectivity index (χ2v) is 14.0. The molecule has 3 atom stereocenters. The Balaban J connectivity index is 1.08. The maximum atomic E-state index is 12.9. The van der Waals surface area contributed by atoms with E-state index in [9.17, 15) is 24.9 Å². The van der Waals surface area contributed by atoms with Gasteiger partial charge in [-0.2, -0.15) is 0 Å². The minimum absolute atomic E-state index is 0.00574. The Kier molecular flexibility index (Phi) is 9.24. The van der Waals surface area contributed by atoms with Crippen LogP contribution in [0.25, 0.3) is 22.4 Å². The molecule has 0 radical (unpaired) electrons. The summed E-state index contributed by atoms with van der Waals surface area (Å²) in [5.41, 5.74) is 8.86. The number of carbonyl (C=O) groups excluding carboxylic acids is 2. The van der Waals surface area contributed by atoms with E-state index in [0.717, 1.165) is 56.2 Å². The molecule has 2 fully saturated rings. The van der Waals surface area contributed by atoms with Crippen LogP contribution in [0.1, 0.15) is 52.5 Å². The molecule has 11 nitrogen and oxygen atoms in total. The summed E-state index contributed by atoms with van der Waals surface area (Å²) in [5.74, 6) is -0.574. The number of imidazole rings is 2. The minimum Gasteiger partial charge on any atom is -0.508 e. The van der Waals surface area contributed by atoms with E-state index in [0.29, 0.717) is 45.3 Å². The molecule has 5 N–H and O–H groups in total. The number of nitrogens with zero attached hydrogens (tertiary/aromatic N) is 4. The number of amides is 2. The average molecular weight is 709 g/mol. The van der Waals surface area contributed by atoms with Crippen molar-refractivity contribution in [3.63, 3.8) is 0 Å². The van der Waals surface area contributed by atoms with Crippen molar-refractivity contribution in [2.75, 3.05) is 6.54 Å². The monoisotopic (exact) mass is 708 g/mol. The van der Waals surface area contributed by atoms with Gasteiger partial charge >= 0.3 is 0 Å². The molecule has 2 aliphatic rings. The zero-order chi connectivity index (χ0) is 36.5. The maximum absolute atomic E-state index is 12.9. The molecule has 11 heteroatoms. The van der Waals surface area contributed by atoms with Gasteiger partial charge in [0.05, 0.1) is 35.7 Å². The van der Waals surface area contributed by atoms with Gasteiger partial charge in [0.2, 0.25) is 11.8 Å². The molecule has 0 aliphatic carbocycles. The first kappa shape index (κ1) is 33.9. The van der Waals surface area contributed by atoms with Crippen LogP contribution in [0.15, 0.2) is 110 Å². The van der Waals surface area contributed by atoms with E-state index < -0.39 is 6.23 Å². The highest BCUT2D eigenvalue weighted by Crippen LogP contribution is 2.34. The number of phenols is 2. The van der Waals surface area contributed by atoms with Gasteiger partial charge in [0.25, 0.3) is 0 Å². The van der Waals surface area contributed by atoms with Crippen molar-refractivity contribution in [3.05, 3.63) is 143 Å². The zero-order valence-electron chi connectivity index (χ0n) is 29.0. The number of nitrogens with one attached hydrogen (secondary N) is 2. The standard InChI is InChI=1S/C42H40N6O5/c49-33-11-5-7-27(16-33)22-47-24-44-36(37(47)20-32-21-38(51)46-41(32)52)18-26-6-4-10-30(14-26)31-15-28(17-34(50)19-31)23-48-25-45-39(29-8-2-1-3-9-29)40(48)35-12-13-43-42(35)53/h1-11,14-17,19,24-25,32,35,38,49-51H,12-13,18,20-23H2,(H,43,53)(H,46,52). The fourth-order valence-corrected chi connectivity index (χ4v) is 7.69. The molecule has 0 spiro atoms. The van der Waals surface area contributed by atoms with Crippen molar-refractivity contribution in [2.24, 2.45) is 5.92 Å². The Morgan fingerprint density at radius 2 is 1.45 bits per heavy atom. The van der Waals surface area contributed by atoms with E-state index >= 15 is 0 Å². The summed E-state index contributed by atoms with van der Waals surface area (Å²) >= 11 is 0. The summed E-state index contributed by atoms with van der Waals surface area (Å²) in [6, 6.07) is 30.6. The van der Waals surface area contributed by atoms with Crippen LogP contribution in [0, 0.1) is 5.92 Å². The first-order valence-corrected chi connectivity index (χ1v) is 17.9. The average Bonchev–Trinajstić information content (AvgIpc) is 3.92. The molecule has 53 heavy (non-hydrogen) atoms. The number of hydrogen-bond acceptors (Lipinski definition) is 7. The van der Waals surface area contributed by atoms with E-state index in [1.165, 1.54) is 0 Å². The fraction of sp³-hybridized carbons (Fsp3) is 0.238. The lowest BCUT2D eigenvalue weighted by atomic mass is 9.96. The van der Waals surface area contributed by atoms with Gasteiger partial charge in [-0.15, -0.1) is 0 Å². The van der Waals surface area contributed by atoms with Gasteiger partial charge in [0, 0.05) is 56.1 Å². The summed E-state index contributed by atoms with van der Waals surface area (Å²) in [6.07, 6.45) is 4.62. The molecule has 6 aromatic rings. The van der Waals surface area contributed by atoms with Crippen LogP contribution in [0.5, 0.6) is 11.5 Å². The molecule has 0 bridgehead atoms. The number of rotatable bonds is 11. The lowest BCUT2D eigenvalue weighted by Crippen LogP contribution is -2.26. The quantitative estimate of drug-likeness (QED) is 0.125. The first-order chi connectivity index (χ1) is 25.8. The first-order valence-electron chi connectivity index (χ1n) is 17.9. The number of benzene rings is 4. The lowest BCUT2D eigenvalue weighted by molar-refractivity contribution is -0.123. The zero-order valence-corrected chi connectivity index (χ0v) is 29.0. The topological polar surface area (TPSA) is 155 Å². The second-order valence-electron chi connectivity index (χ2n) is 14.0. The third-order valence-electron chi connectivity index (χ3n) is 10.2. The Morgan fingerprint density at radius 1 is 0.717 bits per heavy atom. The third-order valence-corrected chi connectivity index (χ3v) is 10.2. The summed E-state index contributed by atoms with van der Waals surface area (Å²) in [7, 11) is 0. The smallest absolute Gasteiger partial charge is 0.229 e. The SMILES string of the molecule is O=C1NC(O)CC1Cc1c(Cc2cccc(-c3cc(O)cc(Cn4cnc(-c5ccccc5)c4C4CCNC4=O)c3)c2)ncn1Cc1cccc(O)c1. The van der Waals surface area contributed by atoms with Gasteiger partial charge in [-0.25, -0.2) is 9.97 Å². The van der Waals surface area contributed by atoms with Gasteiger partial charge in [0.15, 0.2) is 0 Å². The van der Waals surface area contributed by atoms with Crippen LogP contribution in [-0.2, 0) is 35.5 Å². The molecular weight excluding hydrogens is 668 g/mol. The normalized spacial score (nSPS) is 18.3. The van der Waals surface area contributed by atoms with Crippen LogP contribution >= 0.6 is 0 Å². The van der Waals surface area contributed by atoms with Gasteiger partial charge in [-0.3, -0.25) is 9.59 Å². The van der Waals surface area contributed by atoms with E-state index in [1.807, 2.05) is 63.7 Å². The van der Waals surface area contributed by atoms with Crippen molar-refractivity contribution >= 4 is 11.8 Å². The van der Waals surface area contributed by atoms with Crippen LogP contribution < -0.4 is 10.6 Å². The molecule has 4 aromatic carbocycles. The van der Waals surface area contributed by atoms with E-state index in [2.05, 4.69) is 22.8 Å². The highest BCUT2D eigenvalue weighted by atomic mass is 16.3. The highest BCUT2D eigenvalue weighted by Gasteiger charge is 2.33. The summed E-state index contributed by atoms with van der Waals surface area (Å²) in [5, 5.41) is 36.7. The highest BCUT2D eigenvalue weighted by molar-refractivity contribution is 5.87. The van der Waals surface area contributed by atoms with Gasteiger partial charge in [-0.05, 0) is 64.6 Å². The van der Waals surface area contributed by atoms with E-state index in [1.54, 1.807) is 43.0 Å². The number of phenolic OH excluding ortho intramolecular Hbond substituents is 2. The number of hydrogen-bond donors (Lipinski definition) is 5. The molecule has 0 saturated carbocycles. The Bertz CT molecular complexity index is 2300. The van der Waals surface area contributed by atoms with Crippen molar-refractivity contribution in [3.8, 4) is 33.9 Å². The Morgan fingerprint density at radius 3 is 2.23 bits per heavy atom. The fourth-order valence-electron chi connectivity index (χ4n) is 7.69. The van der Waals surface area contributed by atoms with Crippen LogP contribution in [0.4, 0.5) is 0 Å². The minimum atomic E-state index is -0.865. The van der Waals surface area contributed by atoms with Gasteiger partial charge in [-0.1, -0.05) is 66.7 Å². The van der Waals surface area contributed by atoms with Gasteiger partial charge < -0.3 is 35.1 Å². The summed E-state index contributed by atoms with van der Waals surface area (Å²) < 4.78 is 4.03. The largest absolute Gasteiger partial charge is 0.508 e. The molecule has 2 aromatic heterocycles. The predicted molar refractivity (Wildman–Crippen MR) is 199 cm³/mol. The molecule has 3 unspecified atom stereocenters. The van der Waals surface area contributed by atoms with E-state index in [-0.39, 0.29) is 35.1 Å². The lowest BCUT2D eigenvalue weighted by Gasteiger charge is -2.16. The van der Waals surface area contributed by atoms with Gasteiger partial charge in [0.1, 0.15) is 17.7 Å². The van der Waals surface area contributed by atoms with Crippen molar-refractivity contribution in [1.29, 1.82) is 0 Å². The van der Waals surface area contributed by atoms with E-state index in [4.69, 9.17) is 9.97 Å². The summed E-state index contributed by atoms with van der Waals surface area (Å²) in [4.78, 5) is 35.1.